The van der Waals surface area contributed by atoms with E-state index in [1.165, 1.54) is 16.8 Å². The predicted molar refractivity (Wildman–Crippen MR) is 86.7 cm³/mol. The molecule has 0 unspecified atom stereocenters. The standard InChI is InChI=1S/C19H23NO4/c1-20-8-5-11-9-13(21)17-16-15(11)12(20)3-6-18(16)7-4-14(22)19(10-18,23-2)24-17/h9,14,22H,3-8,10H2,1-2H3/t14-,18+,19+/m0/s1. The molecule has 0 radical (unpaired) electrons. The summed E-state index contributed by atoms with van der Waals surface area (Å²) in [6.07, 6.45) is 6.16. The fourth-order valence-corrected chi connectivity index (χ4v) is 5.50. The number of rotatable bonds is 1. The Kier molecular flexibility index (Phi) is 2.78. The number of carbonyl (C=O) groups excluding carboxylic acids is 1. The van der Waals surface area contributed by atoms with E-state index in [9.17, 15) is 9.90 Å². The van der Waals surface area contributed by atoms with Crippen LogP contribution in [0, 0.1) is 5.41 Å². The molecule has 5 aliphatic rings. The highest BCUT2D eigenvalue weighted by Crippen LogP contribution is 2.63. The number of ether oxygens (including phenoxy) is 2. The van der Waals surface area contributed by atoms with E-state index >= 15 is 0 Å². The molecule has 3 aliphatic carbocycles. The van der Waals surface area contributed by atoms with E-state index in [2.05, 4.69) is 11.9 Å². The van der Waals surface area contributed by atoms with Gasteiger partial charge in [-0.15, -0.1) is 0 Å². The average molecular weight is 329 g/mol. The summed E-state index contributed by atoms with van der Waals surface area (Å²) in [5.41, 5.74) is 4.78. The summed E-state index contributed by atoms with van der Waals surface area (Å²) in [4.78, 5) is 15.1. The summed E-state index contributed by atoms with van der Waals surface area (Å²) >= 11 is 0. The molecule has 5 nitrogen and oxygen atoms in total. The summed E-state index contributed by atoms with van der Waals surface area (Å²) in [5, 5.41) is 10.5. The van der Waals surface area contributed by atoms with Crippen molar-refractivity contribution in [3.63, 3.8) is 0 Å². The minimum atomic E-state index is -1.07. The van der Waals surface area contributed by atoms with Crippen molar-refractivity contribution < 1.29 is 19.4 Å². The van der Waals surface area contributed by atoms with Crippen LogP contribution < -0.4 is 0 Å². The number of nitrogens with zero attached hydrogens (tertiary/aromatic N) is 1. The molecule has 3 atom stereocenters. The SMILES string of the molecule is CO[C@]12C[C@@]3(CCC4=C5C(=CC(=O)C(=C53)O1)CCN4C)CC[C@@H]2O. The molecule has 1 N–H and O–H groups in total. The highest BCUT2D eigenvalue weighted by molar-refractivity contribution is 6.07. The van der Waals surface area contributed by atoms with Crippen molar-refractivity contribution >= 4 is 5.78 Å². The Bertz CT molecular complexity index is 748. The lowest BCUT2D eigenvalue weighted by Gasteiger charge is -2.58. The van der Waals surface area contributed by atoms with Gasteiger partial charge in [0.2, 0.25) is 11.6 Å². The zero-order valence-corrected chi connectivity index (χ0v) is 14.2. The van der Waals surface area contributed by atoms with Gasteiger partial charge in [0.1, 0.15) is 6.10 Å². The molecule has 0 amide bonds. The molecule has 2 aliphatic heterocycles. The molecule has 2 heterocycles. The third kappa shape index (κ3) is 1.60. The van der Waals surface area contributed by atoms with E-state index in [-0.39, 0.29) is 11.2 Å². The van der Waals surface area contributed by atoms with Crippen LogP contribution in [0.25, 0.3) is 0 Å². The number of aliphatic hydroxyl groups excluding tert-OH is 1. The fraction of sp³-hybridized carbons (Fsp3) is 0.632. The first-order valence-electron chi connectivity index (χ1n) is 8.87. The highest BCUT2D eigenvalue weighted by Gasteiger charge is 2.61. The largest absolute Gasteiger partial charge is 0.455 e. The van der Waals surface area contributed by atoms with Gasteiger partial charge in [0.05, 0.1) is 0 Å². The molecule has 2 bridgehead atoms. The Hall–Kier alpha value is -1.59. The van der Waals surface area contributed by atoms with Gasteiger partial charge in [0.25, 0.3) is 0 Å². The van der Waals surface area contributed by atoms with Gasteiger partial charge >= 0.3 is 0 Å². The van der Waals surface area contributed by atoms with Gasteiger partial charge in [-0.1, -0.05) is 0 Å². The summed E-state index contributed by atoms with van der Waals surface area (Å²) in [7, 11) is 3.71. The molecule has 1 saturated carbocycles. The van der Waals surface area contributed by atoms with Gasteiger partial charge in [-0.25, -0.2) is 0 Å². The van der Waals surface area contributed by atoms with Crippen LogP contribution in [0.4, 0.5) is 0 Å². The van der Waals surface area contributed by atoms with E-state index < -0.39 is 11.9 Å². The van der Waals surface area contributed by atoms with Crippen LogP contribution in [0.15, 0.2) is 34.3 Å². The zero-order valence-electron chi connectivity index (χ0n) is 14.2. The second-order valence-electron chi connectivity index (χ2n) is 7.86. The molecule has 5 rings (SSSR count). The monoisotopic (exact) mass is 329 g/mol. The number of allylic oxidation sites excluding steroid dienone is 4. The maximum absolute atomic E-state index is 12.8. The molecular formula is C19H23NO4. The quantitative estimate of drug-likeness (QED) is 0.798. The van der Waals surface area contributed by atoms with Crippen molar-refractivity contribution in [2.24, 2.45) is 5.41 Å². The minimum absolute atomic E-state index is 0.0610. The molecule has 128 valence electrons. The molecule has 0 aromatic rings. The summed E-state index contributed by atoms with van der Waals surface area (Å²) in [6.45, 7) is 0.967. The van der Waals surface area contributed by atoms with Gasteiger partial charge in [-0.3, -0.25) is 4.79 Å². The lowest BCUT2D eigenvalue weighted by molar-refractivity contribution is -0.291. The van der Waals surface area contributed by atoms with Crippen LogP contribution in [0.2, 0.25) is 0 Å². The van der Waals surface area contributed by atoms with Gasteiger partial charge in [0, 0.05) is 49.4 Å². The first-order valence-corrected chi connectivity index (χ1v) is 8.87. The third-order valence-corrected chi connectivity index (χ3v) is 6.77. The minimum Gasteiger partial charge on any atom is -0.455 e. The first kappa shape index (κ1) is 14.7. The number of hydrogen-bond acceptors (Lipinski definition) is 5. The van der Waals surface area contributed by atoms with Gasteiger partial charge in [0.15, 0.2) is 5.76 Å². The van der Waals surface area contributed by atoms with E-state index in [4.69, 9.17) is 9.47 Å². The van der Waals surface area contributed by atoms with Crippen LogP contribution >= 0.6 is 0 Å². The van der Waals surface area contributed by atoms with Crippen LogP contribution in [-0.4, -0.2) is 48.4 Å². The summed E-state index contributed by atoms with van der Waals surface area (Å²) < 4.78 is 11.8. The lowest BCUT2D eigenvalue weighted by Crippen LogP contribution is -2.59. The number of ketones is 1. The third-order valence-electron chi connectivity index (χ3n) is 6.77. The average Bonchev–Trinajstić information content (AvgIpc) is 2.59. The molecular weight excluding hydrogens is 306 g/mol. The second-order valence-corrected chi connectivity index (χ2v) is 7.86. The number of methoxy groups -OCH3 is 1. The van der Waals surface area contributed by atoms with E-state index in [0.717, 1.165) is 37.8 Å². The molecule has 5 heteroatoms. The smallest absolute Gasteiger partial charge is 0.237 e. The molecule has 1 spiro atoms. The van der Waals surface area contributed by atoms with Crippen molar-refractivity contribution in [1.29, 1.82) is 0 Å². The summed E-state index contributed by atoms with van der Waals surface area (Å²) in [5.74, 6) is -0.710. The number of aliphatic hydroxyl groups is 1. The van der Waals surface area contributed by atoms with Crippen LogP contribution in [0.5, 0.6) is 0 Å². The predicted octanol–water partition coefficient (Wildman–Crippen LogP) is 2.04. The van der Waals surface area contributed by atoms with Crippen LogP contribution in [0.1, 0.15) is 38.5 Å². The molecule has 1 fully saturated rings. The highest BCUT2D eigenvalue weighted by atomic mass is 16.7. The van der Waals surface area contributed by atoms with Crippen LogP contribution in [0.3, 0.4) is 0 Å². The van der Waals surface area contributed by atoms with E-state index in [1.807, 2.05) is 0 Å². The van der Waals surface area contributed by atoms with Crippen molar-refractivity contribution in [2.75, 3.05) is 20.7 Å². The van der Waals surface area contributed by atoms with Crippen molar-refractivity contribution in [2.45, 2.75) is 50.4 Å². The van der Waals surface area contributed by atoms with Crippen LogP contribution in [-0.2, 0) is 14.3 Å². The maximum atomic E-state index is 12.8. The van der Waals surface area contributed by atoms with Gasteiger partial charge < -0.3 is 19.5 Å². The normalized spacial score (nSPS) is 40.3. The number of carbonyl (C=O) groups is 1. The Morgan fingerprint density at radius 1 is 1.38 bits per heavy atom. The second kappa shape index (κ2) is 4.52. The van der Waals surface area contributed by atoms with E-state index in [0.29, 0.717) is 18.6 Å². The van der Waals surface area contributed by atoms with E-state index in [1.54, 1.807) is 13.2 Å². The van der Waals surface area contributed by atoms with Crippen molar-refractivity contribution in [3.8, 4) is 0 Å². The lowest BCUT2D eigenvalue weighted by atomic mass is 9.55. The summed E-state index contributed by atoms with van der Waals surface area (Å²) in [6, 6.07) is 0. The van der Waals surface area contributed by atoms with Crippen molar-refractivity contribution in [3.05, 3.63) is 34.3 Å². The maximum Gasteiger partial charge on any atom is 0.237 e. The number of fused-ring (bicyclic) bond motifs is 1. The van der Waals surface area contributed by atoms with Crippen molar-refractivity contribution in [1.82, 2.24) is 4.90 Å². The van der Waals surface area contributed by atoms with Gasteiger partial charge in [-0.05, 0) is 43.8 Å². The molecule has 0 aromatic carbocycles. The Labute approximate surface area is 141 Å². The topological polar surface area (TPSA) is 59.0 Å². The first-order chi connectivity index (χ1) is 11.5. The Balaban J connectivity index is 1.78. The fourth-order valence-electron chi connectivity index (χ4n) is 5.50. The Morgan fingerprint density at radius 3 is 3.00 bits per heavy atom. The molecule has 24 heavy (non-hydrogen) atoms. The van der Waals surface area contributed by atoms with Gasteiger partial charge in [-0.2, -0.15) is 0 Å². The Morgan fingerprint density at radius 2 is 2.21 bits per heavy atom. The molecule has 0 aromatic heterocycles. The zero-order chi connectivity index (χ0) is 16.7. The molecule has 0 saturated heterocycles. The number of hydrogen-bond donors (Lipinski definition) is 1.